The first kappa shape index (κ1) is 18.6. The summed E-state index contributed by atoms with van der Waals surface area (Å²) in [5.41, 5.74) is -1.34. The largest absolute Gasteiger partial charge is 0.382 e. The van der Waals surface area contributed by atoms with Crippen LogP contribution in [0.5, 0.6) is 0 Å². The Hall–Kier alpha value is -2.77. The summed E-state index contributed by atoms with van der Waals surface area (Å²) < 4.78 is 67.3. The summed E-state index contributed by atoms with van der Waals surface area (Å²) >= 11 is 0. The van der Waals surface area contributed by atoms with Gasteiger partial charge in [0.2, 0.25) is 0 Å². The molecule has 0 aromatic heterocycles. The molecule has 1 unspecified atom stereocenters. The molecule has 1 amide bonds. The van der Waals surface area contributed by atoms with E-state index in [0.717, 1.165) is 6.07 Å². The minimum absolute atomic E-state index is 0.000990. The Labute approximate surface area is 159 Å². The molecule has 4 rings (SSSR count). The van der Waals surface area contributed by atoms with Gasteiger partial charge in [0.1, 0.15) is 11.0 Å². The third-order valence-electron chi connectivity index (χ3n) is 4.44. The van der Waals surface area contributed by atoms with Crippen molar-refractivity contribution >= 4 is 43.3 Å². The molecule has 0 aliphatic carbocycles. The summed E-state index contributed by atoms with van der Waals surface area (Å²) in [5.74, 6) is -0.901. The molecule has 0 radical (unpaired) electrons. The number of carbonyl (C=O) groups is 1. The van der Waals surface area contributed by atoms with Gasteiger partial charge >= 0.3 is 10.3 Å². The zero-order valence-corrected chi connectivity index (χ0v) is 15.4. The molecule has 2 aromatic carbocycles. The van der Waals surface area contributed by atoms with Crippen molar-refractivity contribution in [3.63, 3.8) is 0 Å². The summed E-state index contributed by atoms with van der Waals surface area (Å²) in [6.07, 6.45) is -1.65. The maximum absolute atomic E-state index is 12.6. The van der Waals surface area contributed by atoms with Crippen LogP contribution in [0.3, 0.4) is 0 Å². The first-order chi connectivity index (χ1) is 13.0. The van der Waals surface area contributed by atoms with E-state index < -0.39 is 48.6 Å². The van der Waals surface area contributed by atoms with Crippen molar-refractivity contribution in [2.75, 3.05) is 9.62 Å². The van der Waals surface area contributed by atoms with E-state index in [2.05, 4.69) is 5.32 Å². The van der Waals surface area contributed by atoms with Gasteiger partial charge in [0.15, 0.2) is 0 Å². The molecule has 0 saturated heterocycles. The zero-order chi connectivity index (χ0) is 20.4. The average Bonchev–Trinajstić information content (AvgIpc) is 3.07. The molecule has 28 heavy (non-hydrogen) atoms. The number of carbonyl (C=O) groups excluding carboxylic acids is 1. The number of anilines is 2. The van der Waals surface area contributed by atoms with Gasteiger partial charge in [0.05, 0.1) is 22.6 Å². The van der Waals surface area contributed by atoms with Crippen LogP contribution >= 0.6 is 0 Å². The monoisotopic (exact) mass is 424 g/mol. The SMILES string of the molecule is O=C1Nc2cccc(S(=O)(=O)O)c2/C1=C1\C(O)c2ccccc2N1S(=O)(=O)O. The molecule has 10 nitrogen and oxygen atoms in total. The van der Waals surface area contributed by atoms with Crippen molar-refractivity contribution in [2.24, 2.45) is 0 Å². The normalized spacial score (nSPS) is 21.5. The van der Waals surface area contributed by atoms with E-state index in [1.165, 1.54) is 36.4 Å². The summed E-state index contributed by atoms with van der Waals surface area (Å²) in [6, 6.07) is 9.34. The molecule has 2 aromatic rings. The Morgan fingerprint density at radius 2 is 1.64 bits per heavy atom. The molecule has 1 atom stereocenters. The topological polar surface area (TPSA) is 161 Å². The third kappa shape index (κ3) is 2.62. The number of benzene rings is 2. The first-order valence-electron chi connectivity index (χ1n) is 7.73. The van der Waals surface area contributed by atoms with Gasteiger partial charge in [-0.3, -0.25) is 13.9 Å². The van der Waals surface area contributed by atoms with Crippen molar-refractivity contribution in [1.82, 2.24) is 0 Å². The molecule has 0 fully saturated rings. The smallest absolute Gasteiger partial charge is 0.364 e. The van der Waals surface area contributed by atoms with Gasteiger partial charge in [-0.15, -0.1) is 0 Å². The molecule has 2 heterocycles. The van der Waals surface area contributed by atoms with E-state index in [4.69, 9.17) is 0 Å². The van der Waals surface area contributed by atoms with Crippen LogP contribution in [0.15, 0.2) is 53.1 Å². The molecule has 0 bridgehead atoms. The van der Waals surface area contributed by atoms with Crippen molar-refractivity contribution in [2.45, 2.75) is 11.0 Å². The fourth-order valence-corrected chi connectivity index (χ4v) is 5.00. The van der Waals surface area contributed by atoms with Gasteiger partial charge in [-0.1, -0.05) is 24.3 Å². The highest BCUT2D eigenvalue weighted by Gasteiger charge is 2.45. The van der Waals surface area contributed by atoms with E-state index >= 15 is 0 Å². The fourth-order valence-electron chi connectivity index (χ4n) is 3.43. The number of para-hydroxylation sites is 1. The standard InChI is InChI=1S/C16H12N2O8S2/c19-15-8-4-1-2-6-10(8)18(28(24,25)26)14(15)13-12-9(17-16(13)20)5-3-7-11(12)27(21,22)23/h1-7,15,19H,(H,17,20)(H,21,22,23)(H,24,25,26)/b14-13-. The first-order valence-corrected chi connectivity index (χ1v) is 10.6. The number of hydrogen-bond acceptors (Lipinski definition) is 6. The van der Waals surface area contributed by atoms with E-state index in [0.29, 0.717) is 4.31 Å². The van der Waals surface area contributed by atoms with E-state index in [1.807, 2.05) is 0 Å². The number of aliphatic hydroxyl groups excluding tert-OH is 1. The maximum Gasteiger partial charge on any atom is 0.364 e. The molecule has 0 spiro atoms. The number of amides is 1. The molecule has 4 N–H and O–H groups in total. The predicted octanol–water partition coefficient (Wildman–Crippen LogP) is 0.953. The Balaban J connectivity index is 2.13. The Bertz CT molecular complexity index is 1280. The number of aliphatic hydroxyl groups is 1. The van der Waals surface area contributed by atoms with Crippen molar-refractivity contribution in [3.05, 3.63) is 59.3 Å². The fraction of sp³-hybridized carbons (Fsp3) is 0.0625. The number of fused-ring (bicyclic) bond motifs is 2. The lowest BCUT2D eigenvalue weighted by Gasteiger charge is -2.20. The average molecular weight is 424 g/mol. The molecule has 2 aliphatic rings. The number of hydrogen-bond donors (Lipinski definition) is 4. The predicted molar refractivity (Wildman–Crippen MR) is 97.2 cm³/mol. The molecule has 146 valence electrons. The zero-order valence-electron chi connectivity index (χ0n) is 13.8. The molecule has 2 aliphatic heterocycles. The number of nitrogens with zero attached hydrogens (tertiary/aromatic N) is 1. The van der Waals surface area contributed by atoms with Crippen LogP contribution in [0.2, 0.25) is 0 Å². The Morgan fingerprint density at radius 3 is 2.29 bits per heavy atom. The lowest BCUT2D eigenvalue weighted by atomic mass is 10.0. The second-order valence-corrected chi connectivity index (χ2v) is 8.72. The summed E-state index contributed by atoms with van der Waals surface area (Å²) in [7, 11) is -9.78. The van der Waals surface area contributed by atoms with Gasteiger partial charge in [0, 0.05) is 11.1 Å². The highest BCUT2D eigenvalue weighted by molar-refractivity contribution is 7.87. The summed E-state index contributed by atoms with van der Waals surface area (Å²) in [4.78, 5) is 12.0. The van der Waals surface area contributed by atoms with Gasteiger partial charge in [-0.05, 0) is 18.2 Å². The van der Waals surface area contributed by atoms with E-state index in [9.17, 15) is 35.8 Å². The van der Waals surface area contributed by atoms with Crippen molar-refractivity contribution < 1.29 is 35.8 Å². The molecule has 0 saturated carbocycles. The van der Waals surface area contributed by atoms with Crippen LogP contribution in [0, 0.1) is 0 Å². The van der Waals surface area contributed by atoms with Crippen LogP contribution in [0.25, 0.3) is 5.57 Å². The third-order valence-corrected chi connectivity index (χ3v) is 6.20. The molecular formula is C16H12N2O8S2. The van der Waals surface area contributed by atoms with E-state index in [1.54, 1.807) is 0 Å². The second kappa shape index (κ2) is 5.86. The highest BCUT2D eigenvalue weighted by Crippen LogP contribution is 2.49. The van der Waals surface area contributed by atoms with Gasteiger partial charge in [-0.25, -0.2) is 4.31 Å². The number of nitrogens with one attached hydrogen (secondary N) is 1. The minimum atomic E-state index is -4.99. The van der Waals surface area contributed by atoms with Gasteiger partial charge in [0.25, 0.3) is 16.0 Å². The van der Waals surface area contributed by atoms with E-state index in [-0.39, 0.29) is 22.5 Å². The Kier molecular flexibility index (Phi) is 3.89. The maximum atomic E-state index is 12.6. The lowest BCUT2D eigenvalue weighted by molar-refractivity contribution is -0.110. The van der Waals surface area contributed by atoms with Crippen molar-refractivity contribution in [1.29, 1.82) is 0 Å². The quantitative estimate of drug-likeness (QED) is 0.409. The lowest BCUT2D eigenvalue weighted by Crippen LogP contribution is -2.29. The van der Waals surface area contributed by atoms with Crippen molar-refractivity contribution in [3.8, 4) is 0 Å². The second-order valence-electron chi connectivity index (χ2n) is 6.07. The minimum Gasteiger partial charge on any atom is -0.382 e. The van der Waals surface area contributed by atoms with Crippen LogP contribution in [0.4, 0.5) is 11.4 Å². The number of rotatable bonds is 2. The summed E-state index contributed by atoms with van der Waals surface area (Å²) in [5, 5.41) is 13.1. The highest BCUT2D eigenvalue weighted by atomic mass is 32.2. The van der Waals surface area contributed by atoms with Crippen LogP contribution in [0.1, 0.15) is 17.2 Å². The van der Waals surface area contributed by atoms with Crippen LogP contribution in [-0.4, -0.2) is 37.0 Å². The van der Waals surface area contributed by atoms with Crippen LogP contribution < -0.4 is 9.62 Å². The molecule has 12 heteroatoms. The van der Waals surface area contributed by atoms with Gasteiger partial charge < -0.3 is 10.4 Å². The van der Waals surface area contributed by atoms with Crippen LogP contribution in [-0.2, 0) is 25.2 Å². The summed E-state index contributed by atoms with van der Waals surface area (Å²) in [6.45, 7) is 0. The Morgan fingerprint density at radius 1 is 0.964 bits per heavy atom. The molecular weight excluding hydrogens is 412 g/mol. The van der Waals surface area contributed by atoms with Gasteiger partial charge in [-0.2, -0.15) is 16.8 Å².